The van der Waals surface area contributed by atoms with Crippen LogP contribution in [0.5, 0.6) is 11.8 Å². The van der Waals surface area contributed by atoms with Gasteiger partial charge in [0.2, 0.25) is 11.8 Å². The Labute approximate surface area is 532 Å². The molecule has 470 valence electrons. The predicted molar refractivity (Wildman–Crippen MR) is 362 cm³/mol. The zero-order valence-corrected chi connectivity index (χ0v) is 53.5. The number of aromatic amines is 4. The molecule has 0 saturated heterocycles. The van der Waals surface area contributed by atoms with Crippen molar-refractivity contribution in [1.82, 2.24) is 40.5 Å². The number of pyridine rings is 6. The van der Waals surface area contributed by atoms with Crippen LogP contribution in [0.4, 0.5) is 13.2 Å². The van der Waals surface area contributed by atoms with Crippen molar-refractivity contribution in [3.05, 3.63) is 181 Å². The molecular formula is C69H68F3N9O7S3. The van der Waals surface area contributed by atoms with Crippen LogP contribution in [0, 0.1) is 6.92 Å². The molecule has 0 aliphatic heterocycles. The van der Waals surface area contributed by atoms with E-state index in [1.807, 2.05) is 79.7 Å². The van der Waals surface area contributed by atoms with Gasteiger partial charge in [-0.1, -0.05) is 100.0 Å². The summed E-state index contributed by atoms with van der Waals surface area (Å²) in [7, 11) is 3.25. The first kappa shape index (κ1) is 62.8. The van der Waals surface area contributed by atoms with E-state index in [2.05, 4.69) is 55.5 Å². The monoisotopic (exact) mass is 1290 g/mol. The highest BCUT2D eigenvalue weighted by Gasteiger charge is 2.26. The molecule has 0 fully saturated rings. The van der Waals surface area contributed by atoms with Crippen molar-refractivity contribution in [2.75, 3.05) is 40.5 Å². The minimum atomic E-state index is -3.13. The second kappa shape index (κ2) is 26.8. The molecule has 8 N–H and O–H groups in total. The standard InChI is InChI=1S/C69H68F3N9O7S3/c1-34(29-73)38-11-17-41(18-12-38)51-55-47-26-44(10-8-7-9-24-86-5)90-61(47)65(84)80-58(55)49(77-63(51)82)32-74-30-35(2)39-13-19-42(20-14-39)52-56-48-27-45(28-70)91-62(48)66(85)81-59(56)50(78-67(52)87-6)33-75-31-36(3)40-15-21-43(22-16-40)53-54-46-23-25-89-60(46)64(83)79-57(54)37(4)76-68(53)88-69(71)72/h11-23,25-27,34-36,69,74-75H,7-10,24,28-33,73H2,1-6H3,(H,77,82)(H,79,83)(H,80,84)(H,81,85). The maximum absolute atomic E-state index is 14.4. The Bertz CT molecular complexity index is 4940. The zero-order chi connectivity index (χ0) is 63.8. The molecule has 0 amide bonds. The summed E-state index contributed by atoms with van der Waals surface area (Å²) in [6, 6.07) is 29.1. The number of hydrogen-bond acceptors (Lipinski definition) is 15. The summed E-state index contributed by atoms with van der Waals surface area (Å²) in [6.45, 7) is 6.61. The lowest BCUT2D eigenvalue weighted by Gasteiger charge is -2.19. The number of aryl methyl sites for hydroxylation is 2. The van der Waals surface area contributed by atoms with E-state index in [0.29, 0.717) is 134 Å². The van der Waals surface area contributed by atoms with Crippen LogP contribution < -0.4 is 48.1 Å². The lowest BCUT2D eigenvalue weighted by molar-refractivity contribution is -0.0523. The molecule has 0 radical (unpaired) electrons. The topological polar surface area (TPSA) is 235 Å². The van der Waals surface area contributed by atoms with E-state index >= 15 is 0 Å². The molecule has 9 heterocycles. The van der Waals surface area contributed by atoms with Crippen molar-refractivity contribution in [1.29, 1.82) is 0 Å². The van der Waals surface area contributed by atoms with Crippen LogP contribution >= 0.6 is 34.0 Å². The SMILES string of the molecule is COCCCCCc1cc2c(s1)c(=O)[nH]c1c(CNCC(C)c3ccc(-c4c(OC)nc(CNCC(C)c5ccc(-c6c(OC(F)F)nc(C)c7[nH]c(=O)c8sccc8c67)cc5)c5[nH]c(=O)c6sc(CF)cc6c45)cc3)[nH]c(=O)c(-c3ccc(C(C)CN)cc3)c12. The number of H-pyrrole nitrogens is 4. The number of ether oxygens (including phenoxy) is 3. The first-order valence-electron chi connectivity index (χ1n) is 30.2. The molecule has 12 aromatic rings. The largest absolute Gasteiger partial charge is 0.481 e. The number of nitrogens with zero attached hydrogens (tertiary/aromatic N) is 2. The van der Waals surface area contributed by atoms with Gasteiger partial charge in [0.25, 0.3) is 22.2 Å². The van der Waals surface area contributed by atoms with E-state index in [1.165, 1.54) is 22.7 Å². The number of unbranched alkanes of at least 4 members (excludes halogenated alkanes) is 2. The summed E-state index contributed by atoms with van der Waals surface area (Å²) in [5.41, 5.74) is 14.4. The molecule has 22 heteroatoms. The van der Waals surface area contributed by atoms with Gasteiger partial charge in [0.05, 0.1) is 57.4 Å². The molecule has 0 spiro atoms. The number of halogens is 3. The molecular weight excluding hydrogens is 1220 g/mol. The van der Waals surface area contributed by atoms with Gasteiger partial charge in [0, 0.05) is 82.0 Å². The third kappa shape index (κ3) is 12.4. The van der Waals surface area contributed by atoms with Crippen LogP contribution in [0.15, 0.2) is 116 Å². The van der Waals surface area contributed by atoms with E-state index < -0.39 is 13.3 Å². The maximum atomic E-state index is 14.4. The number of rotatable bonds is 25. The van der Waals surface area contributed by atoms with E-state index in [9.17, 15) is 32.3 Å². The normalized spacial score (nSPS) is 13.0. The van der Waals surface area contributed by atoms with Gasteiger partial charge in [-0.15, -0.1) is 34.0 Å². The number of hydrogen-bond donors (Lipinski definition) is 7. The summed E-state index contributed by atoms with van der Waals surface area (Å²) in [4.78, 5) is 78.4. The molecule has 3 atom stereocenters. The number of nitrogens with one attached hydrogen (secondary N) is 6. The van der Waals surface area contributed by atoms with Crippen LogP contribution in [0.25, 0.3) is 96.3 Å². The first-order valence-corrected chi connectivity index (χ1v) is 32.7. The summed E-state index contributed by atoms with van der Waals surface area (Å²) >= 11 is 3.84. The number of aromatic nitrogens is 6. The lowest BCUT2D eigenvalue weighted by atomic mass is 9.94. The van der Waals surface area contributed by atoms with Gasteiger partial charge in [-0.25, -0.2) is 14.4 Å². The van der Waals surface area contributed by atoms with E-state index in [-0.39, 0.29) is 59.0 Å². The van der Waals surface area contributed by atoms with Crippen LogP contribution in [0.1, 0.15) is 101 Å². The van der Waals surface area contributed by atoms with Crippen LogP contribution in [-0.4, -0.2) is 77.0 Å². The van der Waals surface area contributed by atoms with Gasteiger partial charge in [-0.05, 0) is 107 Å². The Morgan fingerprint density at radius 3 is 1.73 bits per heavy atom. The molecule has 0 saturated carbocycles. The van der Waals surface area contributed by atoms with E-state index in [4.69, 9.17) is 24.9 Å². The molecule has 16 nitrogen and oxygen atoms in total. The Kier molecular flexibility index (Phi) is 18.5. The van der Waals surface area contributed by atoms with Crippen LogP contribution in [0.3, 0.4) is 0 Å². The van der Waals surface area contributed by atoms with Crippen molar-refractivity contribution < 1.29 is 27.4 Å². The molecule has 0 aliphatic rings. The molecule has 12 rings (SSSR count). The van der Waals surface area contributed by atoms with Crippen molar-refractivity contribution >= 4 is 97.0 Å². The number of alkyl halides is 3. The Morgan fingerprint density at radius 2 is 1.12 bits per heavy atom. The van der Waals surface area contributed by atoms with E-state index in [0.717, 1.165) is 75.1 Å². The third-order valence-corrected chi connectivity index (χ3v) is 20.4. The number of methoxy groups -OCH3 is 2. The van der Waals surface area contributed by atoms with Gasteiger partial charge < -0.3 is 50.5 Å². The van der Waals surface area contributed by atoms with Crippen molar-refractivity contribution in [2.45, 2.75) is 97.5 Å². The Balaban J connectivity index is 0.795. The summed E-state index contributed by atoms with van der Waals surface area (Å²) < 4.78 is 60.0. The maximum Gasteiger partial charge on any atom is 0.388 e. The number of nitrogens with two attached hydrogens (primary N) is 1. The summed E-state index contributed by atoms with van der Waals surface area (Å²) in [6.07, 6.45) is 3.71. The van der Waals surface area contributed by atoms with Crippen LogP contribution in [0.2, 0.25) is 0 Å². The van der Waals surface area contributed by atoms with Gasteiger partial charge in [0.15, 0.2) is 0 Å². The second-order valence-corrected chi connectivity index (χ2v) is 26.4. The van der Waals surface area contributed by atoms with Gasteiger partial charge >= 0.3 is 6.61 Å². The fraction of sp³-hybridized carbons (Fsp3) is 0.304. The first-order chi connectivity index (χ1) is 44.1. The number of fused-ring (bicyclic) bond motifs is 9. The van der Waals surface area contributed by atoms with E-state index in [1.54, 1.807) is 38.7 Å². The molecule has 0 aliphatic carbocycles. The van der Waals surface area contributed by atoms with Crippen molar-refractivity contribution in [2.24, 2.45) is 5.73 Å². The van der Waals surface area contributed by atoms with Crippen molar-refractivity contribution in [3.63, 3.8) is 0 Å². The lowest BCUT2D eigenvalue weighted by Crippen LogP contribution is -2.24. The predicted octanol–water partition coefficient (Wildman–Crippen LogP) is 13.9. The quantitative estimate of drug-likeness (QED) is 0.0265. The average molecular weight is 1290 g/mol. The van der Waals surface area contributed by atoms with Gasteiger partial charge in [-0.3, -0.25) is 19.2 Å². The highest BCUT2D eigenvalue weighted by molar-refractivity contribution is 7.19. The summed E-state index contributed by atoms with van der Waals surface area (Å²) in [5.74, 6) is 0.118. The Morgan fingerprint density at radius 1 is 0.582 bits per heavy atom. The highest BCUT2D eigenvalue weighted by atomic mass is 32.1. The minimum absolute atomic E-state index is 0.0240. The Hall–Kier alpha value is -8.35. The fourth-order valence-electron chi connectivity index (χ4n) is 12.4. The third-order valence-electron chi connectivity index (χ3n) is 17.2. The molecule has 0 bridgehead atoms. The second-order valence-electron chi connectivity index (χ2n) is 23.2. The molecule has 9 aromatic heterocycles. The van der Waals surface area contributed by atoms with Crippen molar-refractivity contribution in [3.8, 4) is 45.1 Å². The summed E-state index contributed by atoms with van der Waals surface area (Å²) in [5, 5.41) is 12.8. The minimum Gasteiger partial charge on any atom is -0.481 e. The molecule has 3 unspecified atom stereocenters. The zero-order valence-electron chi connectivity index (χ0n) is 51.0. The fourth-order valence-corrected chi connectivity index (χ4v) is 15.2. The number of thiophene rings is 3. The highest BCUT2D eigenvalue weighted by Crippen LogP contribution is 2.44. The molecule has 91 heavy (non-hydrogen) atoms. The van der Waals surface area contributed by atoms with Crippen LogP contribution in [-0.2, 0) is 30.9 Å². The molecule has 3 aromatic carbocycles. The van der Waals surface area contributed by atoms with Gasteiger partial charge in [0.1, 0.15) is 20.8 Å². The number of benzene rings is 3. The smallest absolute Gasteiger partial charge is 0.388 e. The van der Waals surface area contributed by atoms with Gasteiger partial charge in [-0.2, -0.15) is 8.78 Å². The average Bonchev–Trinajstić information content (AvgIpc) is 1.75.